The lowest BCUT2D eigenvalue weighted by Crippen LogP contribution is -2.19. The van der Waals surface area contributed by atoms with Crippen molar-refractivity contribution in [2.45, 2.75) is 34.1 Å². The van der Waals surface area contributed by atoms with Crippen LogP contribution in [0.4, 0.5) is 5.00 Å². The number of rotatable bonds is 2. The quantitative estimate of drug-likeness (QED) is 0.819. The Morgan fingerprint density at radius 1 is 1.57 bits per heavy atom. The van der Waals surface area contributed by atoms with E-state index in [1.54, 1.807) is 0 Å². The fourth-order valence-electron chi connectivity index (χ4n) is 1.09. The number of anilines is 1. The van der Waals surface area contributed by atoms with Crippen LogP contribution in [0.3, 0.4) is 0 Å². The first-order chi connectivity index (χ1) is 6.37. The van der Waals surface area contributed by atoms with Gasteiger partial charge in [-0.1, -0.05) is 20.8 Å². The monoisotopic (exact) mass is 212 g/mol. The van der Waals surface area contributed by atoms with Gasteiger partial charge in [0, 0.05) is 6.42 Å². The van der Waals surface area contributed by atoms with E-state index < -0.39 is 0 Å². The Kier molecular flexibility index (Phi) is 3.26. The molecular formula is C10H16N2OS. The molecule has 1 heterocycles. The molecule has 0 bridgehead atoms. The maximum absolute atomic E-state index is 11.5. The Balaban J connectivity index is 2.50. The van der Waals surface area contributed by atoms with Gasteiger partial charge in [-0.25, -0.2) is 0 Å². The molecule has 1 aromatic heterocycles. The van der Waals surface area contributed by atoms with Crippen LogP contribution < -0.4 is 5.32 Å². The van der Waals surface area contributed by atoms with Gasteiger partial charge in [0.1, 0.15) is 5.00 Å². The fraction of sp³-hybridized carbons (Fsp3) is 0.600. The Morgan fingerprint density at radius 2 is 2.21 bits per heavy atom. The molecule has 0 atom stereocenters. The van der Waals surface area contributed by atoms with E-state index in [4.69, 9.17) is 0 Å². The Labute approximate surface area is 88.7 Å². The Morgan fingerprint density at radius 3 is 2.64 bits per heavy atom. The van der Waals surface area contributed by atoms with E-state index in [0.717, 1.165) is 10.7 Å². The molecule has 0 saturated carbocycles. The summed E-state index contributed by atoms with van der Waals surface area (Å²) in [5.41, 5.74) is 0.977. The smallest absolute Gasteiger partial charge is 0.225 e. The second kappa shape index (κ2) is 4.09. The average Bonchev–Trinajstić information content (AvgIpc) is 2.30. The molecule has 1 N–H and O–H groups in total. The summed E-state index contributed by atoms with van der Waals surface area (Å²) < 4.78 is 4.09. The van der Waals surface area contributed by atoms with Gasteiger partial charge in [-0.15, -0.1) is 0 Å². The van der Waals surface area contributed by atoms with Crippen molar-refractivity contribution in [2.75, 3.05) is 5.32 Å². The molecule has 0 unspecified atom stereocenters. The van der Waals surface area contributed by atoms with Crippen LogP contribution in [0.15, 0.2) is 6.07 Å². The summed E-state index contributed by atoms with van der Waals surface area (Å²) in [7, 11) is 0. The molecule has 0 aliphatic carbocycles. The van der Waals surface area contributed by atoms with Crippen LogP contribution >= 0.6 is 11.5 Å². The number of hydrogen-bond acceptors (Lipinski definition) is 3. The fourth-order valence-corrected chi connectivity index (χ4v) is 1.76. The molecular weight excluding hydrogens is 196 g/mol. The zero-order valence-electron chi connectivity index (χ0n) is 9.05. The molecule has 0 aliphatic rings. The van der Waals surface area contributed by atoms with E-state index in [9.17, 15) is 4.79 Å². The second-order valence-electron chi connectivity index (χ2n) is 4.62. The third-order valence-electron chi connectivity index (χ3n) is 1.58. The number of carbonyl (C=O) groups is 1. The minimum absolute atomic E-state index is 0.0316. The highest BCUT2D eigenvalue weighted by Crippen LogP contribution is 2.21. The third-order valence-corrected chi connectivity index (χ3v) is 2.38. The van der Waals surface area contributed by atoms with Crippen LogP contribution in [0.1, 0.15) is 32.9 Å². The Hall–Kier alpha value is -0.900. The molecule has 0 spiro atoms. The van der Waals surface area contributed by atoms with Gasteiger partial charge in [-0.05, 0) is 29.9 Å². The van der Waals surface area contributed by atoms with Gasteiger partial charge in [0.15, 0.2) is 0 Å². The molecule has 0 aliphatic heterocycles. The molecule has 0 aromatic carbocycles. The summed E-state index contributed by atoms with van der Waals surface area (Å²) in [5.74, 6) is 0.0566. The molecule has 1 amide bonds. The first kappa shape index (κ1) is 11.2. The van der Waals surface area contributed by atoms with Crippen LogP contribution in [-0.2, 0) is 4.79 Å². The number of aryl methyl sites for hydroxylation is 1. The van der Waals surface area contributed by atoms with Crippen LogP contribution in [0.2, 0.25) is 0 Å². The van der Waals surface area contributed by atoms with Crippen molar-refractivity contribution in [1.29, 1.82) is 0 Å². The summed E-state index contributed by atoms with van der Waals surface area (Å²) in [6, 6.07) is 1.88. The van der Waals surface area contributed by atoms with E-state index in [1.807, 2.05) is 33.8 Å². The summed E-state index contributed by atoms with van der Waals surface area (Å²) in [5, 5.41) is 3.67. The van der Waals surface area contributed by atoms with E-state index in [0.29, 0.717) is 6.42 Å². The van der Waals surface area contributed by atoms with Crippen molar-refractivity contribution < 1.29 is 4.79 Å². The van der Waals surface area contributed by atoms with Gasteiger partial charge in [-0.2, -0.15) is 4.37 Å². The van der Waals surface area contributed by atoms with Crippen molar-refractivity contribution >= 4 is 22.4 Å². The molecule has 0 saturated heterocycles. The molecule has 78 valence electrons. The van der Waals surface area contributed by atoms with Crippen LogP contribution in [0, 0.1) is 12.3 Å². The maximum Gasteiger partial charge on any atom is 0.225 e. The van der Waals surface area contributed by atoms with E-state index in [-0.39, 0.29) is 11.3 Å². The summed E-state index contributed by atoms with van der Waals surface area (Å²) in [6.07, 6.45) is 0.532. The largest absolute Gasteiger partial charge is 0.316 e. The average molecular weight is 212 g/mol. The van der Waals surface area contributed by atoms with Crippen molar-refractivity contribution in [3.63, 3.8) is 0 Å². The van der Waals surface area contributed by atoms with Crippen molar-refractivity contribution in [2.24, 2.45) is 5.41 Å². The lowest BCUT2D eigenvalue weighted by atomic mass is 9.92. The number of nitrogens with one attached hydrogen (secondary N) is 1. The van der Waals surface area contributed by atoms with Crippen LogP contribution in [0.25, 0.3) is 0 Å². The molecule has 4 heteroatoms. The number of nitrogens with zero attached hydrogens (tertiary/aromatic N) is 1. The highest BCUT2D eigenvalue weighted by molar-refractivity contribution is 7.10. The predicted octanol–water partition coefficient (Wildman–Crippen LogP) is 2.83. The van der Waals surface area contributed by atoms with E-state index in [1.165, 1.54) is 11.5 Å². The van der Waals surface area contributed by atoms with Gasteiger partial charge in [-0.3, -0.25) is 4.79 Å². The highest BCUT2D eigenvalue weighted by Gasteiger charge is 2.16. The SMILES string of the molecule is Cc1cc(NC(=O)CC(C)(C)C)sn1. The standard InChI is InChI=1S/C10H16N2OS/c1-7-5-9(14-12-7)11-8(13)6-10(2,3)4/h5H,6H2,1-4H3,(H,11,13). The van der Waals surface area contributed by atoms with Crippen LogP contribution in [0.5, 0.6) is 0 Å². The lowest BCUT2D eigenvalue weighted by molar-refractivity contribution is -0.117. The highest BCUT2D eigenvalue weighted by atomic mass is 32.1. The topological polar surface area (TPSA) is 42.0 Å². The first-order valence-electron chi connectivity index (χ1n) is 4.60. The van der Waals surface area contributed by atoms with Gasteiger partial charge in [0.2, 0.25) is 5.91 Å². The minimum atomic E-state index is 0.0316. The van der Waals surface area contributed by atoms with Crippen LogP contribution in [-0.4, -0.2) is 10.3 Å². The third kappa shape index (κ3) is 3.87. The normalized spacial score (nSPS) is 11.4. The number of aromatic nitrogens is 1. The van der Waals surface area contributed by atoms with E-state index >= 15 is 0 Å². The molecule has 14 heavy (non-hydrogen) atoms. The molecule has 1 rings (SSSR count). The zero-order chi connectivity index (χ0) is 10.8. The van der Waals surface area contributed by atoms with Crippen molar-refractivity contribution in [1.82, 2.24) is 4.37 Å². The molecule has 3 nitrogen and oxygen atoms in total. The summed E-state index contributed by atoms with van der Waals surface area (Å²) >= 11 is 1.32. The number of amides is 1. The van der Waals surface area contributed by atoms with E-state index in [2.05, 4.69) is 9.69 Å². The minimum Gasteiger partial charge on any atom is -0.316 e. The van der Waals surface area contributed by atoms with Gasteiger partial charge >= 0.3 is 0 Å². The first-order valence-corrected chi connectivity index (χ1v) is 5.37. The van der Waals surface area contributed by atoms with Gasteiger partial charge < -0.3 is 5.32 Å². The molecule has 1 aromatic rings. The van der Waals surface area contributed by atoms with Crippen molar-refractivity contribution in [3.05, 3.63) is 11.8 Å². The molecule has 0 fully saturated rings. The second-order valence-corrected chi connectivity index (χ2v) is 5.42. The maximum atomic E-state index is 11.5. The van der Waals surface area contributed by atoms with Gasteiger partial charge in [0.05, 0.1) is 5.69 Å². The molecule has 0 radical (unpaired) electrons. The summed E-state index contributed by atoms with van der Waals surface area (Å²) in [6.45, 7) is 8.05. The number of hydrogen-bond donors (Lipinski definition) is 1. The van der Waals surface area contributed by atoms with Crippen molar-refractivity contribution in [3.8, 4) is 0 Å². The Bertz CT molecular complexity index is 325. The zero-order valence-corrected chi connectivity index (χ0v) is 9.86. The van der Waals surface area contributed by atoms with Gasteiger partial charge in [0.25, 0.3) is 0 Å². The number of carbonyl (C=O) groups excluding carboxylic acids is 1. The summed E-state index contributed by atoms with van der Waals surface area (Å²) in [4.78, 5) is 11.5. The lowest BCUT2D eigenvalue weighted by Gasteiger charge is -2.16. The predicted molar refractivity (Wildman–Crippen MR) is 59.6 cm³/mol.